The molecule has 0 aromatic rings. The zero-order chi connectivity index (χ0) is 12.8. The van der Waals surface area contributed by atoms with Crippen molar-refractivity contribution in [3.05, 3.63) is 0 Å². The van der Waals surface area contributed by atoms with Crippen LogP contribution in [0.1, 0.15) is 38.5 Å². The van der Waals surface area contributed by atoms with E-state index in [9.17, 15) is 4.79 Å². The molecule has 2 amide bonds. The summed E-state index contributed by atoms with van der Waals surface area (Å²) in [6.45, 7) is 4.56. The first-order valence-corrected chi connectivity index (χ1v) is 7.34. The summed E-state index contributed by atoms with van der Waals surface area (Å²) in [7, 11) is 1.76. The molecule has 2 rings (SSSR count). The number of nitrogens with zero attached hydrogens (tertiary/aromatic N) is 2. The van der Waals surface area contributed by atoms with E-state index in [1.54, 1.807) is 7.11 Å². The van der Waals surface area contributed by atoms with Gasteiger partial charge in [-0.2, -0.15) is 0 Å². The summed E-state index contributed by atoms with van der Waals surface area (Å²) < 4.78 is 5.20. The molecule has 104 valence electrons. The number of likely N-dealkylation sites (tertiary alicyclic amines) is 2. The molecular formula is C14H26N2O2. The van der Waals surface area contributed by atoms with Crippen LogP contribution >= 0.6 is 0 Å². The van der Waals surface area contributed by atoms with Crippen molar-refractivity contribution in [3.63, 3.8) is 0 Å². The minimum atomic E-state index is 0.271. The fourth-order valence-electron chi connectivity index (χ4n) is 2.99. The molecule has 0 radical (unpaired) electrons. The van der Waals surface area contributed by atoms with Crippen molar-refractivity contribution < 1.29 is 9.53 Å². The Kier molecular flexibility index (Phi) is 5.29. The van der Waals surface area contributed by atoms with E-state index in [0.717, 1.165) is 45.6 Å². The number of amides is 2. The van der Waals surface area contributed by atoms with Gasteiger partial charge in [0.15, 0.2) is 0 Å². The van der Waals surface area contributed by atoms with Gasteiger partial charge in [-0.3, -0.25) is 0 Å². The van der Waals surface area contributed by atoms with Crippen molar-refractivity contribution in [2.45, 2.75) is 38.5 Å². The second-order valence-corrected chi connectivity index (χ2v) is 5.57. The maximum atomic E-state index is 12.4. The van der Waals surface area contributed by atoms with Gasteiger partial charge in [0.2, 0.25) is 0 Å². The van der Waals surface area contributed by atoms with Crippen molar-refractivity contribution in [3.8, 4) is 0 Å². The monoisotopic (exact) mass is 254 g/mol. The summed E-state index contributed by atoms with van der Waals surface area (Å²) in [5, 5.41) is 0. The fourth-order valence-corrected chi connectivity index (χ4v) is 2.99. The summed E-state index contributed by atoms with van der Waals surface area (Å²) >= 11 is 0. The van der Waals surface area contributed by atoms with Crippen LogP contribution in [0.3, 0.4) is 0 Å². The van der Waals surface area contributed by atoms with E-state index < -0.39 is 0 Å². The van der Waals surface area contributed by atoms with Crippen LogP contribution in [0.25, 0.3) is 0 Å². The molecule has 4 nitrogen and oxygen atoms in total. The van der Waals surface area contributed by atoms with Gasteiger partial charge in [-0.25, -0.2) is 4.79 Å². The lowest BCUT2D eigenvalue weighted by atomic mass is 9.98. The minimum absolute atomic E-state index is 0.271. The van der Waals surface area contributed by atoms with E-state index >= 15 is 0 Å². The number of urea groups is 1. The lowest BCUT2D eigenvalue weighted by Gasteiger charge is -2.35. The summed E-state index contributed by atoms with van der Waals surface area (Å²) in [4.78, 5) is 16.5. The molecule has 0 atom stereocenters. The van der Waals surface area contributed by atoms with Crippen LogP contribution in [0.15, 0.2) is 0 Å². The van der Waals surface area contributed by atoms with Gasteiger partial charge in [0.25, 0.3) is 0 Å². The highest BCUT2D eigenvalue weighted by Crippen LogP contribution is 2.19. The highest BCUT2D eigenvalue weighted by Gasteiger charge is 2.26. The predicted octanol–water partition coefficient (Wildman–Crippen LogP) is 2.34. The zero-order valence-electron chi connectivity index (χ0n) is 11.6. The molecule has 4 heteroatoms. The van der Waals surface area contributed by atoms with E-state index in [1.165, 1.54) is 25.7 Å². The highest BCUT2D eigenvalue weighted by atomic mass is 16.5. The van der Waals surface area contributed by atoms with Crippen LogP contribution in [0, 0.1) is 5.92 Å². The molecule has 2 saturated heterocycles. The lowest BCUT2D eigenvalue weighted by molar-refractivity contribution is 0.0953. The Labute approximate surface area is 110 Å². The third-order valence-electron chi connectivity index (χ3n) is 4.16. The SMILES string of the molecule is COCC1CCN(C(=O)N2CCCCCC2)CC1. The number of hydrogen-bond acceptors (Lipinski definition) is 2. The summed E-state index contributed by atoms with van der Waals surface area (Å²) in [5.41, 5.74) is 0. The van der Waals surface area contributed by atoms with Crippen molar-refractivity contribution in [1.82, 2.24) is 9.80 Å². The predicted molar refractivity (Wildman–Crippen MR) is 71.6 cm³/mol. The highest BCUT2D eigenvalue weighted by molar-refractivity contribution is 5.74. The van der Waals surface area contributed by atoms with Gasteiger partial charge < -0.3 is 14.5 Å². The Morgan fingerprint density at radius 2 is 1.56 bits per heavy atom. The van der Waals surface area contributed by atoms with Gasteiger partial charge in [0.05, 0.1) is 0 Å². The molecule has 0 aliphatic carbocycles. The second-order valence-electron chi connectivity index (χ2n) is 5.57. The molecule has 0 saturated carbocycles. The normalized spacial score (nSPS) is 22.9. The fraction of sp³-hybridized carbons (Fsp3) is 0.929. The van der Waals surface area contributed by atoms with Crippen molar-refractivity contribution in [1.29, 1.82) is 0 Å². The van der Waals surface area contributed by atoms with Crippen LogP contribution in [0.4, 0.5) is 4.79 Å². The van der Waals surface area contributed by atoms with Crippen LogP contribution in [0.5, 0.6) is 0 Å². The first kappa shape index (κ1) is 13.7. The van der Waals surface area contributed by atoms with Crippen molar-refractivity contribution >= 4 is 6.03 Å². The van der Waals surface area contributed by atoms with Gasteiger partial charge in [-0.1, -0.05) is 12.8 Å². The largest absolute Gasteiger partial charge is 0.384 e. The Bertz CT molecular complexity index is 255. The molecule has 0 aromatic carbocycles. The maximum Gasteiger partial charge on any atom is 0.319 e. The average Bonchev–Trinajstić information content (AvgIpc) is 2.68. The van der Waals surface area contributed by atoms with Gasteiger partial charge in [-0.05, 0) is 31.6 Å². The summed E-state index contributed by atoms with van der Waals surface area (Å²) in [6, 6.07) is 0.271. The molecular weight excluding hydrogens is 228 g/mol. The van der Waals surface area contributed by atoms with Crippen molar-refractivity contribution in [2.75, 3.05) is 39.9 Å². The quantitative estimate of drug-likeness (QED) is 0.757. The first-order chi connectivity index (χ1) is 8.81. The third kappa shape index (κ3) is 3.61. The number of methoxy groups -OCH3 is 1. The average molecular weight is 254 g/mol. The van der Waals surface area contributed by atoms with E-state index in [-0.39, 0.29) is 6.03 Å². The van der Waals surface area contributed by atoms with E-state index in [2.05, 4.69) is 4.90 Å². The van der Waals surface area contributed by atoms with Crippen LogP contribution in [-0.4, -0.2) is 55.7 Å². The molecule has 0 unspecified atom stereocenters. The first-order valence-electron chi connectivity index (χ1n) is 7.34. The maximum absolute atomic E-state index is 12.4. The number of carbonyl (C=O) groups excluding carboxylic acids is 1. The topological polar surface area (TPSA) is 32.8 Å². The summed E-state index contributed by atoms with van der Waals surface area (Å²) in [5.74, 6) is 0.642. The zero-order valence-corrected chi connectivity index (χ0v) is 11.6. The lowest BCUT2D eigenvalue weighted by Crippen LogP contribution is -2.47. The van der Waals surface area contributed by atoms with Gasteiger partial charge in [0, 0.05) is 39.9 Å². The number of rotatable bonds is 2. The second kappa shape index (κ2) is 6.98. The molecule has 0 aromatic heterocycles. The molecule has 2 fully saturated rings. The van der Waals surface area contributed by atoms with E-state index in [0.29, 0.717) is 5.92 Å². The Morgan fingerprint density at radius 1 is 1.00 bits per heavy atom. The van der Waals surface area contributed by atoms with Crippen LogP contribution in [0.2, 0.25) is 0 Å². The molecule has 2 heterocycles. The Hall–Kier alpha value is -0.770. The van der Waals surface area contributed by atoms with Gasteiger partial charge in [0.1, 0.15) is 0 Å². The van der Waals surface area contributed by atoms with Gasteiger partial charge >= 0.3 is 6.03 Å². The molecule has 0 bridgehead atoms. The molecule has 2 aliphatic heterocycles. The standard InChI is InChI=1S/C14H26N2O2/c1-18-12-13-6-10-16(11-7-13)14(17)15-8-4-2-3-5-9-15/h13H,2-12H2,1H3. The third-order valence-corrected chi connectivity index (χ3v) is 4.16. The van der Waals surface area contributed by atoms with Crippen LogP contribution < -0.4 is 0 Å². The Morgan fingerprint density at radius 3 is 2.11 bits per heavy atom. The molecule has 0 N–H and O–H groups in total. The number of hydrogen-bond donors (Lipinski definition) is 0. The minimum Gasteiger partial charge on any atom is -0.384 e. The van der Waals surface area contributed by atoms with E-state index in [1.807, 2.05) is 4.90 Å². The Balaban J connectivity index is 1.79. The van der Waals surface area contributed by atoms with Gasteiger partial charge in [-0.15, -0.1) is 0 Å². The van der Waals surface area contributed by atoms with Crippen molar-refractivity contribution in [2.24, 2.45) is 5.92 Å². The molecule has 2 aliphatic rings. The summed E-state index contributed by atoms with van der Waals surface area (Å²) in [6.07, 6.45) is 7.08. The molecule has 0 spiro atoms. The van der Waals surface area contributed by atoms with E-state index in [4.69, 9.17) is 4.74 Å². The number of carbonyl (C=O) groups is 1. The molecule has 18 heavy (non-hydrogen) atoms. The smallest absolute Gasteiger partial charge is 0.319 e. The van der Waals surface area contributed by atoms with Crippen LogP contribution in [-0.2, 0) is 4.74 Å². The number of piperidine rings is 1. The number of ether oxygens (including phenoxy) is 1.